The minimum Gasteiger partial charge on any atom is -0.332 e. The lowest BCUT2D eigenvalue weighted by Gasteiger charge is -2.29. The third-order valence-corrected chi connectivity index (χ3v) is 7.63. The smallest absolute Gasteiger partial charge is 0.332 e. The lowest BCUT2D eigenvalue weighted by Crippen LogP contribution is -2.45. The Morgan fingerprint density at radius 1 is 1.17 bits per heavy atom. The first kappa shape index (κ1) is 24.6. The molecule has 0 bridgehead atoms. The molecule has 4 rings (SSSR count). The molecule has 3 aromatic rings. The van der Waals surface area contributed by atoms with Gasteiger partial charge in [-0.2, -0.15) is 17.6 Å². The van der Waals surface area contributed by atoms with Crippen LogP contribution in [0.15, 0.2) is 48.8 Å². The van der Waals surface area contributed by atoms with Crippen LogP contribution in [0.4, 0.5) is 13.2 Å². The number of aromatic amines is 1. The summed E-state index contributed by atoms with van der Waals surface area (Å²) >= 11 is 0. The van der Waals surface area contributed by atoms with Crippen LogP contribution in [-0.4, -0.2) is 65.9 Å². The number of carbonyl (C=O) groups excluding carboxylic acids is 2. The quantitative estimate of drug-likeness (QED) is 0.508. The highest BCUT2D eigenvalue weighted by atomic mass is 32.2. The summed E-state index contributed by atoms with van der Waals surface area (Å²) in [5.41, 5.74) is -0.381. The van der Waals surface area contributed by atoms with Crippen molar-refractivity contribution >= 4 is 27.2 Å². The number of pyridine rings is 2. The number of hydrogen-bond donors (Lipinski definition) is 2. The molecule has 1 saturated heterocycles. The first-order valence-corrected chi connectivity index (χ1v) is 12.7. The minimum atomic E-state index is -4.80. The summed E-state index contributed by atoms with van der Waals surface area (Å²) in [5.74, 6) is -1.57. The van der Waals surface area contributed by atoms with E-state index in [-0.39, 0.29) is 48.7 Å². The Balaban J connectivity index is 1.63. The number of amides is 2. The van der Waals surface area contributed by atoms with Gasteiger partial charge in [0.1, 0.15) is 9.84 Å². The molecule has 2 amide bonds. The van der Waals surface area contributed by atoms with Crippen molar-refractivity contribution in [1.82, 2.24) is 20.2 Å². The van der Waals surface area contributed by atoms with E-state index in [1.807, 2.05) is 5.32 Å². The topological polar surface area (TPSA) is 116 Å². The molecule has 0 aromatic carbocycles. The monoisotopic (exact) mass is 510 g/mol. The highest BCUT2D eigenvalue weighted by Crippen LogP contribution is 2.32. The van der Waals surface area contributed by atoms with Crippen LogP contribution in [0.2, 0.25) is 0 Å². The third kappa shape index (κ3) is 5.14. The fraction of sp³-hybridized carbons (Fsp3) is 0.364. The zero-order valence-corrected chi connectivity index (χ0v) is 19.4. The maximum absolute atomic E-state index is 13.7. The Kier molecular flexibility index (Phi) is 6.54. The van der Waals surface area contributed by atoms with Crippen molar-refractivity contribution in [2.45, 2.75) is 30.3 Å². The molecule has 1 fully saturated rings. The highest BCUT2D eigenvalue weighted by Gasteiger charge is 2.44. The lowest BCUT2D eigenvalue weighted by molar-refractivity contribution is -0.514. The van der Waals surface area contributed by atoms with Crippen LogP contribution >= 0.6 is 0 Å². The first-order valence-electron chi connectivity index (χ1n) is 10.8. The number of carbonyl (C=O) groups is 2. The summed E-state index contributed by atoms with van der Waals surface area (Å²) in [7, 11) is -3.23. The number of imidazole rings is 1. The number of hydrogen-bond acceptors (Lipinski definition) is 5. The van der Waals surface area contributed by atoms with Gasteiger partial charge < -0.3 is 10.2 Å². The van der Waals surface area contributed by atoms with Crippen LogP contribution in [0.5, 0.6) is 0 Å². The molecule has 0 spiro atoms. The largest absolute Gasteiger partial charge is 0.414 e. The molecule has 186 valence electrons. The Hall–Kier alpha value is -3.48. The van der Waals surface area contributed by atoms with E-state index in [0.717, 1.165) is 12.3 Å². The molecular weight excluding hydrogens is 487 g/mol. The first-order chi connectivity index (χ1) is 16.5. The van der Waals surface area contributed by atoms with Crippen molar-refractivity contribution in [2.75, 3.05) is 19.3 Å². The number of H-pyrrole nitrogens is 1. The Morgan fingerprint density at radius 3 is 2.46 bits per heavy atom. The van der Waals surface area contributed by atoms with Crippen molar-refractivity contribution in [3.8, 4) is 0 Å². The fourth-order valence-electron chi connectivity index (χ4n) is 4.12. The highest BCUT2D eigenvalue weighted by molar-refractivity contribution is 7.91. The van der Waals surface area contributed by atoms with Gasteiger partial charge in [0.15, 0.2) is 11.6 Å². The van der Waals surface area contributed by atoms with Gasteiger partial charge in [-0.3, -0.25) is 14.6 Å². The second kappa shape index (κ2) is 9.29. The van der Waals surface area contributed by atoms with E-state index in [1.165, 1.54) is 39.9 Å². The Morgan fingerprint density at radius 2 is 1.86 bits per heavy atom. The van der Waals surface area contributed by atoms with Gasteiger partial charge in [-0.05, 0) is 37.1 Å². The van der Waals surface area contributed by atoms with Gasteiger partial charge >= 0.3 is 17.9 Å². The molecular formula is C22H23F3N5O4S+. The van der Waals surface area contributed by atoms with E-state index in [4.69, 9.17) is 0 Å². The molecule has 1 aliphatic rings. The number of rotatable bonds is 5. The van der Waals surface area contributed by atoms with Gasteiger partial charge in [-0.1, -0.05) is 12.1 Å². The van der Waals surface area contributed by atoms with Gasteiger partial charge in [-0.15, -0.1) is 0 Å². The van der Waals surface area contributed by atoms with E-state index in [2.05, 4.69) is 9.97 Å². The summed E-state index contributed by atoms with van der Waals surface area (Å²) in [5, 5.41) is 1.44. The van der Waals surface area contributed by atoms with Crippen molar-refractivity contribution in [3.05, 3.63) is 66.0 Å². The molecule has 9 nitrogen and oxygen atoms in total. The zero-order chi connectivity index (χ0) is 25.4. The molecule has 0 radical (unpaired) electrons. The molecule has 1 atom stereocenters. The molecule has 3 aromatic heterocycles. The summed E-state index contributed by atoms with van der Waals surface area (Å²) < 4.78 is 66.1. The van der Waals surface area contributed by atoms with Crippen LogP contribution in [0, 0.1) is 0 Å². The second-order valence-corrected chi connectivity index (χ2v) is 10.7. The SMILES string of the molecule is CS(=O)(=O)C1CCN(C(=O)c2[nH]c(C(=O)NC(c3ccccn3)C(F)(F)F)c3cccc[n+]23)CC1. The number of nitrogens with one attached hydrogen (secondary N) is 2. The Bertz CT molecular complexity index is 1350. The summed E-state index contributed by atoms with van der Waals surface area (Å²) in [6.07, 6.45) is -0.379. The van der Waals surface area contributed by atoms with Crippen LogP contribution in [0.25, 0.3) is 5.52 Å². The molecule has 35 heavy (non-hydrogen) atoms. The standard InChI is InChI=1S/C22H22F3N5O4S/c1-35(33,34)14-8-12-29(13-9-14)21(32)19-27-17(16-7-3-5-11-30(16)19)20(31)28-18(22(23,24)25)15-6-2-4-10-26-15/h2-7,10-11,14,18H,8-9,12-13H2,1H3,(H,28,31)/p+1. The predicted molar refractivity (Wildman–Crippen MR) is 118 cm³/mol. The number of halogens is 3. The van der Waals surface area contributed by atoms with Gasteiger partial charge in [0, 0.05) is 25.5 Å². The summed E-state index contributed by atoms with van der Waals surface area (Å²) in [4.78, 5) is 34.1. The second-order valence-electron chi connectivity index (χ2n) is 8.33. The molecule has 13 heteroatoms. The van der Waals surface area contributed by atoms with Crippen LogP contribution in [0.3, 0.4) is 0 Å². The van der Waals surface area contributed by atoms with Crippen molar-refractivity contribution < 1.29 is 35.6 Å². The number of piperidine rings is 1. The number of aromatic nitrogens is 3. The summed E-state index contributed by atoms with van der Waals surface area (Å²) in [6.45, 7) is 0.393. The molecule has 1 unspecified atom stereocenters. The van der Waals surface area contributed by atoms with E-state index in [1.54, 1.807) is 12.1 Å². The van der Waals surface area contributed by atoms with Gasteiger partial charge in [0.05, 0.1) is 17.1 Å². The maximum atomic E-state index is 13.7. The van der Waals surface area contributed by atoms with E-state index >= 15 is 0 Å². The van der Waals surface area contributed by atoms with Gasteiger partial charge in [0.25, 0.3) is 5.91 Å². The Labute approximate surface area is 198 Å². The van der Waals surface area contributed by atoms with Gasteiger partial charge in [-0.25, -0.2) is 13.4 Å². The molecule has 4 heterocycles. The fourth-order valence-corrected chi connectivity index (χ4v) is 5.19. The minimum absolute atomic E-state index is 0.0232. The average molecular weight is 511 g/mol. The van der Waals surface area contributed by atoms with Gasteiger partial charge in [0.2, 0.25) is 5.69 Å². The predicted octanol–water partition coefficient (Wildman–Crippen LogP) is 1.83. The third-order valence-electron chi connectivity index (χ3n) is 5.95. The van der Waals surface area contributed by atoms with Crippen molar-refractivity contribution in [2.24, 2.45) is 0 Å². The number of nitrogens with zero attached hydrogens (tertiary/aromatic N) is 3. The van der Waals surface area contributed by atoms with Crippen molar-refractivity contribution in [1.29, 1.82) is 0 Å². The van der Waals surface area contributed by atoms with Crippen molar-refractivity contribution in [3.63, 3.8) is 0 Å². The van der Waals surface area contributed by atoms with E-state index < -0.39 is 39.1 Å². The molecule has 0 saturated carbocycles. The number of likely N-dealkylation sites (tertiary alicyclic amines) is 1. The summed E-state index contributed by atoms with van der Waals surface area (Å²) in [6, 6.07) is 6.36. The lowest BCUT2D eigenvalue weighted by atomic mass is 10.1. The molecule has 2 N–H and O–H groups in total. The van der Waals surface area contributed by atoms with Crippen LogP contribution in [-0.2, 0) is 9.84 Å². The number of sulfone groups is 1. The number of alkyl halides is 3. The zero-order valence-electron chi connectivity index (χ0n) is 18.6. The normalized spacial score (nSPS) is 16.3. The van der Waals surface area contributed by atoms with E-state index in [0.29, 0.717) is 0 Å². The van der Waals surface area contributed by atoms with E-state index in [9.17, 15) is 31.2 Å². The van der Waals surface area contributed by atoms with Crippen LogP contribution < -0.4 is 9.72 Å². The average Bonchev–Trinajstić information content (AvgIpc) is 3.21. The van der Waals surface area contributed by atoms with Crippen LogP contribution in [0.1, 0.15) is 45.7 Å². The molecule has 0 aliphatic carbocycles. The molecule has 1 aliphatic heterocycles. The maximum Gasteiger partial charge on any atom is 0.414 e. The number of fused-ring (bicyclic) bond motifs is 1.